The van der Waals surface area contributed by atoms with Crippen LogP contribution in [0, 0.1) is 0 Å². The number of aryl methyl sites for hydroxylation is 1. The van der Waals surface area contributed by atoms with E-state index >= 15 is 0 Å². The number of nitrogens with zero attached hydrogens (tertiary/aromatic N) is 1. The number of benzene rings is 1. The lowest BCUT2D eigenvalue weighted by Crippen LogP contribution is -1.78. The lowest BCUT2D eigenvalue weighted by molar-refractivity contribution is 0.545. The molecule has 0 spiro atoms. The molecule has 2 nitrogen and oxygen atoms in total. The van der Waals surface area contributed by atoms with E-state index in [-0.39, 0.29) is 0 Å². The molecule has 2 heteroatoms. The van der Waals surface area contributed by atoms with Crippen molar-refractivity contribution in [2.75, 3.05) is 0 Å². The van der Waals surface area contributed by atoms with Gasteiger partial charge in [0.05, 0.1) is 5.69 Å². The van der Waals surface area contributed by atoms with Crippen molar-refractivity contribution in [3.05, 3.63) is 53.7 Å². The van der Waals surface area contributed by atoms with Crippen molar-refractivity contribution in [2.24, 2.45) is 0 Å². The molecule has 1 aromatic carbocycles. The summed E-state index contributed by atoms with van der Waals surface area (Å²) in [5.74, 6) is 0.663. The molecule has 0 bridgehead atoms. The fraction of sp³-hybridized carbons (Fsp3) is 0.154. The van der Waals surface area contributed by atoms with Gasteiger partial charge >= 0.3 is 0 Å². The van der Waals surface area contributed by atoms with Crippen molar-refractivity contribution in [1.29, 1.82) is 0 Å². The van der Waals surface area contributed by atoms with Crippen LogP contribution >= 0.6 is 0 Å². The van der Waals surface area contributed by atoms with Crippen LogP contribution in [0.25, 0.3) is 12.2 Å². The number of oxazole rings is 1. The zero-order chi connectivity index (χ0) is 10.5. The first kappa shape index (κ1) is 9.71. The van der Waals surface area contributed by atoms with E-state index in [0.29, 0.717) is 5.89 Å². The molecule has 0 atom stereocenters. The smallest absolute Gasteiger partial charge is 0.218 e. The molecule has 2 aromatic rings. The predicted molar refractivity (Wildman–Crippen MR) is 61.3 cm³/mol. The average molecular weight is 199 g/mol. The van der Waals surface area contributed by atoms with Crippen molar-refractivity contribution in [1.82, 2.24) is 4.98 Å². The van der Waals surface area contributed by atoms with Gasteiger partial charge in [-0.2, -0.15) is 0 Å². The Balaban J connectivity index is 2.11. The quantitative estimate of drug-likeness (QED) is 0.757. The second-order valence-electron chi connectivity index (χ2n) is 3.27. The summed E-state index contributed by atoms with van der Waals surface area (Å²) in [6.07, 6.45) is 6.48. The molecule has 0 radical (unpaired) electrons. The second-order valence-corrected chi connectivity index (χ2v) is 3.27. The van der Waals surface area contributed by atoms with Gasteiger partial charge in [-0.05, 0) is 18.1 Å². The fourth-order valence-corrected chi connectivity index (χ4v) is 1.29. The molecule has 0 amide bonds. The topological polar surface area (TPSA) is 26.0 Å². The molecule has 0 saturated heterocycles. The van der Waals surface area contributed by atoms with Crippen molar-refractivity contribution < 1.29 is 4.42 Å². The van der Waals surface area contributed by atoms with E-state index in [1.807, 2.05) is 42.5 Å². The van der Waals surface area contributed by atoms with Crippen LogP contribution in [0.4, 0.5) is 0 Å². The van der Waals surface area contributed by atoms with Crippen LogP contribution in [0.3, 0.4) is 0 Å². The highest BCUT2D eigenvalue weighted by Gasteiger charge is 1.96. The van der Waals surface area contributed by atoms with Gasteiger partial charge in [0.25, 0.3) is 0 Å². The Hall–Kier alpha value is -1.83. The van der Waals surface area contributed by atoms with Crippen LogP contribution in [-0.4, -0.2) is 4.98 Å². The Morgan fingerprint density at radius 2 is 2.00 bits per heavy atom. The maximum absolute atomic E-state index is 5.28. The normalized spacial score (nSPS) is 11.0. The van der Waals surface area contributed by atoms with Gasteiger partial charge in [0, 0.05) is 6.08 Å². The molecule has 0 saturated carbocycles. The van der Waals surface area contributed by atoms with E-state index in [1.54, 1.807) is 6.26 Å². The molecule has 0 aliphatic heterocycles. The van der Waals surface area contributed by atoms with E-state index in [2.05, 4.69) is 11.9 Å². The molecule has 0 N–H and O–H groups in total. The minimum Gasteiger partial charge on any atom is -0.445 e. The zero-order valence-electron chi connectivity index (χ0n) is 8.68. The van der Waals surface area contributed by atoms with Crippen molar-refractivity contribution in [2.45, 2.75) is 13.3 Å². The first-order valence-corrected chi connectivity index (χ1v) is 5.06. The van der Waals surface area contributed by atoms with E-state index in [0.717, 1.165) is 17.7 Å². The van der Waals surface area contributed by atoms with Crippen molar-refractivity contribution >= 4 is 12.2 Å². The minimum atomic E-state index is 0.663. The van der Waals surface area contributed by atoms with Crippen LogP contribution in [0.2, 0.25) is 0 Å². The van der Waals surface area contributed by atoms with Crippen molar-refractivity contribution in [3.8, 4) is 0 Å². The molecule has 0 unspecified atom stereocenters. The van der Waals surface area contributed by atoms with Crippen LogP contribution in [0.5, 0.6) is 0 Å². The highest BCUT2D eigenvalue weighted by molar-refractivity contribution is 5.65. The maximum atomic E-state index is 5.28. The first-order valence-electron chi connectivity index (χ1n) is 5.06. The van der Waals surface area contributed by atoms with Gasteiger partial charge < -0.3 is 4.42 Å². The van der Waals surface area contributed by atoms with Gasteiger partial charge in [0.15, 0.2) is 0 Å². The predicted octanol–water partition coefficient (Wildman–Crippen LogP) is 3.41. The third-order valence-corrected chi connectivity index (χ3v) is 2.15. The highest BCUT2D eigenvalue weighted by Crippen LogP contribution is 2.08. The monoisotopic (exact) mass is 199 g/mol. The lowest BCUT2D eigenvalue weighted by atomic mass is 10.2. The minimum absolute atomic E-state index is 0.663. The number of hydrogen-bond acceptors (Lipinski definition) is 2. The van der Waals surface area contributed by atoms with Crippen LogP contribution in [-0.2, 0) is 6.42 Å². The molecular weight excluding hydrogens is 186 g/mol. The Labute approximate surface area is 89.3 Å². The SMILES string of the molecule is CCc1coc(/C=C/c2ccccc2)n1. The average Bonchev–Trinajstić information content (AvgIpc) is 2.76. The Kier molecular flexibility index (Phi) is 2.98. The number of aromatic nitrogens is 1. The molecule has 0 aliphatic rings. The zero-order valence-corrected chi connectivity index (χ0v) is 8.68. The summed E-state index contributed by atoms with van der Waals surface area (Å²) in [5.41, 5.74) is 2.14. The number of rotatable bonds is 3. The van der Waals surface area contributed by atoms with Gasteiger partial charge in [-0.1, -0.05) is 37.3 Å². The Bertz CT molecular complexity index is 443. The molecule has 1 heterocycles. The van der Waals surface area contributed by atoms with Crippen LogP contribution in [0.1, 0.15) is 24.1 Å². The summed E-state index contributed by atoms with van der Waals surface area (Å²) < 4.78 is 5.28. The molecule has 15 heavy (non-hydrogen) atoms. The summed E-state index contributed by atoms with van der Waals surface area (Å²) >= 11 is 0. The molecule has 0 fully saturated rings. The van der Waals surface area contributed by atoms with E-state index in [9.17, 15) is 0 Å². The van der Waals surface area contributed by atoms with Crippen LogP contribution in [0.15, 0.2) is 41.0 Å². The molecule has 0 aliphatic carbocycles. The first-order chi connectivity index (χ1) is 7.38. The molecule has 1 aromatic heterocycles. The van der Waals surface area contributed by atoms with Gasteiger partial charge in [-0.25, -0.2) is 4.98 Å². The van der Waals surface area contributed by atoms with Gasteiger partial charge in [-0.15, -0.1) is 0 Å². The van der Waals surface area contributed by atoms with E-state index in [1.165, 1.54) is 0 Å². The third kappa shape index (κ3) is 2.56. The second kappa shape index (κ2) is 4.60. The summed E-state index contributed by atoms with van der Waals surface area (Å²) in [6.45, 7) is 2.06. The summed E-state index contributed by atoms with van der Waals surface area (Å²) in [6, 6.07) is 10.1. The molecule has 76 valence electrons. The highest BCUT2D eigenvalue weighted by atomic mass is 16.3. The summed E-state index contributed by atoms with van der Waals surface area (Å²) in [5, 5.41) is 0. The van der Waals surface area contributed by atoms with Gasteiger partial charge in [-0.3, -0.25) is 0 Å². The lowest BCUT2D eigenvalue weighted by Gasteiger charge is -1.89. The van der Waals surface area contributed by atoms with Crippen LogP contribution < -0.4 is 0 Å². The third-order valence-electron chi connectivity index (χ3n) is 2.15. The maximum Gasteiger partial charge on any atom is 0.218 e. The van der Waals surface area contributed by atoms with E-state index < -0.39 is 0 Å². The Morgan fingerprint density at radius 1 is 1.20 bits per heavy atom. The van der Waals surface area contributed by atoms with E-state index in [4.69, 9.17) is 4.42 Å². The Morgan fingerprint density at radius 3 is 2.67 bits per heavy atom. The molecular formula is C13H13NO. The standard InChI is InChI=1S/C13H13NO/c1-2-12-10-15-13(14-12)9-8-11-6-4-3-5-7-11/h3-10H,2H2,1H3/b9-8+. The van der Waals surface area contributed by atoms with Gasteiger partial charge in [0.1, 0.15) is 6.26 Å². The molecule has 2 rings (SSSR count). The number of hydrogen-bond donors (Lipinski definition) is 0. The summed E-state index contributed by atoms with van der Waals surface area (Å²) in [4.78, 5) is 4.29. The van der Waals surface area contributed by atoms with Crippen molar-refractivity contribution in [3.63, 3.8) is 0 Å². The largest absolute Gasteiger partial charge is 0.445 e. The van der Waals surface area contributed by atoms with Gasteiger partial charge in [0.2, 0.25) is 5.89 Å². The summed E-state index contributed by atoms with van der Waals surface area (Å²) in [7, 11) is 0. The fourth-order valence-electron chi connectivity index (χ4n) is 1.29.